The largest absolute Gasteiger partial charge is 0.378 e. The van der Waals surface area contributed by atoms with Gasteiger partial charge < -0.3 is 4.74 Å². The Morgan fingerprint density at radius 2 is 2.04 bits per heavy atom. The molecule has 0 saturated heterocycles. The summed E-state index contributed by atoms with van der Waals surface area (Å²) in [6, 6.07) is 10.5. The van der Waals surface area contributed by atoms with Crippen molar-refractivity contribution in [3.63, 3.8) is 0 Å². The van der Waals surface area contributed by atoms with Gasteiger partial charge in [-0.05, 0) is 42.4 Å². The maximum atomic E-state index is 6.07. The van der Waals surface area contributed by atoms with E-state index in [1.165, 1.54) is 6.42 Å². The van der Waals surface area contributed by atoms with Crippen molar-refractivity contribution in [3.8, 4) is 5.69 Å². The van der Waals surface area contributed by atoms with Crippen molar-refractivity contribution in [3.05, 3.63) is 36.2 Å². The number of hydrogen-bond acceptors (Lipinski definition) is 5. The fourth-order valence-electron chi connectivity index (χ4n) is 3.67. The molecule has 0 unspecified atom stereocenters. The summed E-state index contributed by atoms with van der Waals surface area (Å²) in [5.41, 5.74) is 1.14. The van der Waals surface area contributed by atoms with E-state index in [1.54, 1.807) is 0 Å². The predicted molar refractivity (Wildman–Crippen MR) is 97.5 cm³/mol. The van der Waals surface area contributed by atoms with Gasteiger partial charge in [0.25, 0.3) is 0 Å². The van der Waals surface area contributed by atoms with E-state index in [1.807, 2.05) is 35.0 Å². The fraction of sp³-hybridized carbons (Fsp3) is 0.632. The lowest BCUT2D eigenvalue weighted by Gasteiger charge is -2.55. The molecule has 0 radical (unpaired) electrons. The fourth-order valence-corrected chi connectivity index (χ4v) is 3.67. The number of tetrazole rings is 1. The van der Waals surface area contributed by atoms with Gasteiger partial charge in [-0.25, -0.2) is 0 Å². The minimum absolute atomic E-state index is 0.146. The van der Waals surface area contributed by atoms with Crippen LogP contribution in [0, 0.1) is 5.41 Å². The Bertz CT molecular complexity index is 669. The zero-order chi connectivity index (χ0) is 17.9. The first-order chi connectivity index (χ1) is 12.0. The summed E-state index contributed by atoms with van der Waals surface area (Å²) in [5, 5.41) is 12.2. The van der Waals surface area contributed by atoms with Crippen molar-refractivity contribution in [2.75, 3.05) is 13.7 Å². The highest BCUT2D eigenvalue weighted by Gasteiger charge is 2.50. The molecule has 0 amide bonds. The molecule has 25 heavy (non-hydrogen) atoms. The molecule has 0 aliphatic heterocycles. The van der Waals surface area contributed by atoms with Gasteiger partial charge in [-0.3, -0.25) is 4.90 Å². The maximum Gasteiger partial charge on any atom is 0.170 e. The number of unbranched alkanes of at least 4 members (excludes halogenated alkanes) is 1. The number of para-hydroxylation sites is 1. The highest BCUT2D eigenvalue weighted by Crippen LogP contribution is 2.45. The highest BCUT2D eigenvalue weighted by molar-refractivity contribution is 5.30. The number of benzene rings is 1. The molecule has 1 aliphatic rings. The van der Waals surface area contributed by atoms with Crippen molar-refractivity contribution in [1.29, 1.82) is 0 Å². The van der Waals surface area contributed by atoms with Crippen molar-refractivity contribution in [1.82, 2.24) is 25.1 Å². The van der Waals surface area contributed by atoms with Crippen molar-refractivity contribution >= 4 is 0 Å². The first-order valence-electron chi connectivity index (χ1n) is 9.18. The molecule has 0 N–H and O–H groups in total. The Morgan fingerprint density at radius 1 is 1.28 bits per heavy atom. The lowest BCUT2D eigenvalue weighted by molar-refractivity contribution is -0.150. The molecule has 2 aromatic rings. The van der Waals surface area contributed by atoms with Crippen LogP contribution in [-0.4, -0.2) is 50.9 Å². The van der Waals surface area contributed by atoms with Crippen LogP contribution in [0.4, 0.5) is 0 Å². The van der Waals surface area contributed by atoms with E-state index in [0.29, 0.717) is 12.1 Å². The van der Waals surface area contributed by atoms with Crippen LogP contribution in [0.15, 0.2) is 30.3 Å². The Hall–Kier alpha value is -1.79. The second-order valence-corrected chi connectivity index (χ2v) is 7.54. The van der Waals surface area contributed by atoms with Crippen LogP contribution in [0.25, 0.3) is 5.69 Å². The number of ether oxygens (including phenoxy) is 1. The van der Waals surface area contributed by atoms with Gasteiger partial charge in [0, 0.05) is 18.1 Å². The maximum absolute atomic E-state index is 6.07. The molecule has 6 nitrogen and oxygen atoms in total. The van der Waals surface area contributed by atoms with Gasteiger partial charge in [0.05, 0.1) is 18.3 Å². The van der Waals surface area contributed by atoms with Gasteiger partial charge in [-0.1, -0.05) is 45.4 Å². The zero-order valence-electron chi connectivity index (χ0n) is 15.7. The van der Waals surface area contributed by atoms with Crippen molar-refractivity contribution < 1.29 is 4.74 Å². The third-order valence-electron chi connectivity index (χ3n) is 5.40. The lowest BCUT2D eigenvalue weighted by Crippen LogP contribution is -2.61. The standard InChI is InChI=1S/C19H29N5O/c1-5-6-12-25-17-13-16(19(17,2)3)23(4)14-18-20-21-22-24(18)15-10-8-7-9-11-15/h7-11,16-17H,5-6,12-14H2,1-4H3/t16-,17+/m1/s1. The van der Waals surface area contributed by atoms with Gasteiger partial charge in [0.15, 0.2) is 5.82 Å². The van der Waals surface area contributed by atoms with Gasteiger partial charge >= 0.3 is 0 Å². The quantitative estimate of drug-likeness (QED) is 0.690. The second-order valence-electron chi connectivity index (χ2n) is 7.54. The summed E-state index contributed by atoms with van der Waals surface area (Å²) < 4.78 is 7.89. The third kappa shape index (κ3) is 3.75. The van der Waals surface area contributed by atoms with E-state index in [4.69, 9.17) is 4.74 Å². The molecule has 136 valence electrons. The normalized spacial score (nSPS) is 22.1. The summed E-state index contributed by atoms with van der Waals surface area (Å²) in [7, 11) is 2.15. The Kier molecular flexibility index (Phi) is 5.49. The molecular weight excluding hydrogens is 314 g/mol. The first-order valence-corrected chi connectivity index (χ1v) is 9.18. The average molecular weight is 343 g/mol. The average Bonchev–Trinajstić information content (AvgIpc) is 3.06. The minimum atomic E-state index is 0.146. The second kappa shape index (κ2) is 7.62. The number of nitrogens with zero attached hydrogens (tertiary/aromatic N) is 5. The summed E-state index contributed by atoms with van der Waals surface area (Å²) in [4.78, 5) is 2.35. The lowest BCUT2D eigenvalue weighted by atomic mass is 9.64. The van der Waals surface area contributed by atoms with E-state index < -0.39 is 0 Å². The van der Waals surface area contributed by atoms with E-state index in [9.17, 15) is 0 Å². The van der Waals surface area contributed by atoms with Crippen molar-refractivity contribution in [2.24, 2.45) is 5.41 Å². The molecule has 2 atom stereocenters. The van der Waals surface area contributed by atoms with Gasteiger partial charge in [-0.2, -0.15) is 4.68 Å². The predicted octanol–water partition coefficient (Wildman–Crippen LogP) is 3.08. The smallest absolute Gasteiger partial charge is 0.170 e. The molecular formula is C19H29N5O. The van der Waals surface area contributed by atoms with E-state index in [0.717, 1.165) is 37.5 Å². The van der Waals surface area contributed by atoms with Crippen molar-refractivity contribution in [2.45, 2.75) is 58.7 Å². The summed E-state index contributed by atoms with van der Waals surface area (Å²) in [5.74, 6) is 0.861. The molecule has 3 rings (SSSR count). The molecule has 1 aliphatic carbocycles. The summed E-state index contributed by atoms with van der Waals surface area (Å²) in [6.45, 7) is 8.39. The minimum Gasteiger partial charge on any atom is -0.378 e. The number of rotatable bonds is 8. The van der Waals surface area contributed by atoms with Crippen LogP contribution in [0.5, 0.6) is 0 Å². The van der Waals surface area contributed by atoms with E-state index >= 15 is 0 Å². The Morgan fingerprint density at radius 3 is 2.72 bits per heavy atom. The number of aromatic nitrogens is 4. The Labute approximate surface area is 150 Å². The molecule has 1 fully saturated rings. The molecule has 6 heteroatoms. The van der Waals surface area contributed by atoms with E-state index in [2.05, 4.69) is 48.2 Å². The summed E-state index contributed by atoms with van der Waals surface area (Å²) in [6.07, 6.45) is 3.73. The molecule has 1 aromatic carbocycles. The van der Waals surface area contributed by atoms with Crippen LogP contribution >= 0.6 is 0 Å². The topological polar surface area (TPSA) is 56.1 Å². The molecule has 1 saturated carbocycles. The zero-order valence-corrected chi connectivity index (χ0v) is 15.7. The molecule has 1 heterocycles. The highest BCUT2D eigenvalue weighted by atomic mass is 16.5. The van der Waals surface area contributed by atoms with Crippen LogP contribution in [0.1, 0.15) is 45.9 Å². The van der Waals surface area contributed by atoms with Crippen LogP contribution in [0.2, 0.25) is 0 Å². The third-order valence-corrected chi connectivity index (χ3v) is 5.40. The molecule has 0 spiro atoms. The molecule has 0 bridgehead atoms. The SMILES string of the molecule is CCCCO[C@H]1C[C@@H](N(C)Cc2nnnn2-c2ccccc2)C1(C)C. The van der Waals surface area contributed by atoms with Crippen LogP contribution in [-0.2, 0) is 11.3 Å². The van der Waals surface area contributed by atoms with Crippen LogP contribution < -0.4 is 0 Å². The van der Waals surface area contributed by atoms with Gasteiger partial charge in [0.1, 0.15) is 0 Å². The first kappa shape index (κ1) is 18.0. The monoisotopic (exact) mass is 343 g/mol. The van der Waals surface area contributed by atoms with E-state index in [-0.39, 0.29) is 5.41 Å². The summed E-state index contributed by atoms with van der Waals surface area (Å²) >= 11 is 0. The number of hydrogen-bond donors (Lipinski definition) is 0. The Balaban J connectivity index is 1.63. The molecule has 1 aromatic heterocycles. The van der Waals surface area contributed by atoms with Gasteiger partial charge in [0.2, 0.25) is 0 Å². The van der Waals surface area contributed by atoms with Crippen LogP contribution in [0.3, 0.4) is 0 Å². The van der Waals surface area contributed by atoms with Gasteiger partial charge in [-0.15, -0.1) is 5.10 Å².